The minimum atomic E-state index is 0.263. The van der Waals surface area contributed by atoms with Gasteiger partial charge in [-0.25, -0.2) is 0 Å². The van der Waals surface area contributed by atoms with E-state index >= 15 is 0 Å². The van der Waals surface area contributed by atoms with Crippen LogP contribution in [0, 0.1) is 13.8 Å². The first kappa shape index (κ1) is 12.4. The highest BCUT2D eigenvalue weighted by atomic mass is 32.1. The normalized spacial score (nSPS) is 12.9. The first-order chi connectivity index (χ1) is 8.22. The van der Waals surface area contributed by atoms with Crippen molar-refractivity contribution >= 4 is 11.3 Å². The van der Waals surface area contributed by atoms with Crippen LogP contribution in [0.3, 0.4) is 0 Å². The number of rotatable bonds is 5. The smallest absolute Gasteiger partial charge is 0.106 e. The topological polar surface area (TPSA) is 25.2 Å². The maximum Gasteiger partial charge on any atom is 0.106 e. The minimum Gasteiger partial charge on any atom is -0.466 e. The predicted octanol–water partition coefficient (Wildman–Crippen LogP) is 4.05. The van der Waals surface area contributed by atoms with Crippen molar-refractivity contribution in [3.63, 3.8) is 0 Å². The second-order valence-electron chi connectivity index (χ2n) is 4.31. The summed E-state index contributed by atoms with van der Waals surface area (Å²) in [6.45, 7) is 7.24. The molecule has 3 heteroatoms. The summed E-state index contributed by atoms with van der Waals surface area (Å²) in [4.78, 5) is 0. The van der Waals surface area contributed by atoms with Crippen molar-refractivity contribution < 1.29 is 4.42 Å². The second kappa shape index (κ2) is 5.52. The molecule has 0 amide bonds. The van der Waals surface area contributed by atoms with Crippen LogP contribution in [0.15, 0.2) is 27.3 Å². The molecule has 2 aromatic heterocycles. The molecular weight excluding hydrogens is 230 g/mol. The molecule has 0 bridgehead atoms. The summed E-state index contributed by atoms with van der Waals surface area (Å²) < 4.78 is 5.64. The van der Waals surface area contributed by atoms with Crippen LogP contribution in [0.5, 0.6) is 0 Å². The molecule has 1 unspecified atom stereocenters. The van der Waals surface area contributed by atoms with Crippen LogP contribution in [-0.2, 0) is 0 Å². The van der Waals surface area contributed by atoms with Gasteiger partial charge in [0, 0.05) is 5.56 Å². The Bertz CT molecular complexity index is 459. The Labute approximate surface area is 107 Å². The van der Waals surface area contributed by atoms with Crippen LogP contribution in [0.2, 0.25) is 0 Å². The average Bonchev–Trinajstić information content (AvgIpc) is 2.90. The maximum atomic E-state index is 5.64. The van der Waals surface area contributed by atoms with E-state index in [2.05, 4.69) is 35.1 Å². The summed E-state index contributed by atoms with van der Waals surface area (Å²) in [5.41, 5.74) is 2.58. The molecule has 0 fully saturated rings. The molecule has 2 nitrogen and oxygen atoms in total. The Balaban J connectivity index is 2.30. The van der Waals surface area contributed by atoms with Crippen LogP contribution in [-0.4, -0.2) is 6.54 Å². The molecule has 0 saturated heterocycles. The van der Waals surface area contributed by atoms with Crippen LogP contribution < -0.4 is 5.32 Å². The molecule has 2 heterocycles. The van der Waals surface area contributed by atoms with E-state index in [4.69, 9.17) is 4.42 Å². The SMILES string of the molecule is CCCNC(c1ccsc1)c1cc(C)oc1C. The van der Waals surface area contributed by atoms with Crippen molar-refractivity contribution in [1.82, 2.24) is 5.32 Å². The molecule has 2 rings (SSSR count). The van der Waals surface area contributed by atoms with Gasteiger partial charge in [0.15, 0.2) is 0 Å². The monoisotopic (exact) mass is 249 g/mol. The Morgan fingerprint density at radius 1 is 1.41 bits per heavy atom. The summed E-state index contributed by atoms with van der Waals surface area (Å²) in [6.07, 6.45) is 1.14. The Morgan fingerprint density at radius 3 is 2.76 bits per heavy atom. The van der Waals surface area contributed by atoms with Crippen molar-refractivity contribution in [1.29, 1.82) is 0 Å². The maximum absolute atomic E-state index is 5.64. The fourth-order valence-electron chi connectivity index (χ4n) is 2.07. The summed E-state index contributed by atoms with van der Waals surface area (Å²) in [6, 6.07) is 4.58. The summed E-state index contributed by atoms with van der Waals surface area (Å²) in [5.74, 6) is 2.00. The third-order valence-corrected chi connectivity index (χ3v) is 3.57. The average molecular weight is 249 g/mol. The number of aryl methyl sites for hydroxylation is 2. The van der Waals surface area contributed by atoms with E-state index in [1.165, 1.54) is 11.1 Å². The van der Waals surface area contributed by atoms with Gasteiger partial charge in [-0.3, -0.25) is 0 Å². The Morgan fingerprint density at radius 2 is 2.24 bits per heavy atom. The Hall–Kier alpha value is -1.06. The molecule has 0 saturated carbocycles. The summed E-state index contributed by atoms with van der Waals surface area (Å²) >= 11 is 1.74. The molecule has 0 aromatic carbocycles. The summed E-state index contributed by atoms with van der Waals surface area (Å²) in [7, 11) is 0. The fraction of sp³-hybridized carbons (Fsp3) is 0.429. The van der Waals surface area contributed by atoms with Crippen LogP contribution in [0.1, 0.15) is 42.0 Å². The third-order valence-electron chi connectivity index (χ3n) is 2.87. The van der Waals surface area contributed by atoms with E-state index in [0.29, 0.717) is 0 Å². The van der Waals surface area contributed by atoms with Crippen molar-refractivity contribution in [2.24, 2.45) is 0 Å². The highest BCUT2D eigenvalue weighted by Gasteiger charge is 2.18. The standard InChI is InChI=1S/C14H19NOS/c1-4-6-15-14(12-5-7-17-9-12)13-8-10(2)16-11(13)3/h5,7-9,14-15H,4,6H2,1-3H3. The van der Waals surface area contributed by atoms with Gasteiger partial charge in [-0.1, -0.05) is 6.92 Å². The Kier molecular flexibility index (Phi) is 4.02. The molecule has 0 aliphatic heterocycles. The van der Waals surface area contributed by atoms with Crippen LogP contribution in [0.4, 0.5) is 0 Å². The van der Waals surface area contributed by atoms with Gasteiger partial charge in [0.25, 0.3) is 0 Å². The lowest BCUT2D eigenvalue weighted by atomic mass is 10.0. The third kappa shape index (κ3) is 2.79. The molecule has 17 heavy (non-hydrogen) atoms. The molecule has 0 spiro atoms. The van der Waals surface area contributed by atoms with Gasteiger partial charge in [-0.2, -0.15) is 11.3 Å². The fourth-order valence-corrected chi connectivity index (χ4v) is 2.76. The molecule has 1 atom stereocenters. The largest absolute Gasteiger partial charge is 0.466 e. The van der Waals surface area contributed by atoms with E-state index in [1.54, 1.807) is 11.3 Å². The predicted molar refractivity (Wildman–Crippen MR) is 72.6 cm³/mol. The van der Waals surface area contributed by atoms with Crippen LogP contribution >= 0.6 is 11.3 Å². The first-order valence-electron chi connectivity index (χ1n) is 6.04. The van der Waals surface area contributed by atoms with Crippen LogP contribution in [0.25, 0.3) is 0 Å². The molecule has 1 N–H and O–H groups in total. The number of thiophene rings is 1. The van der Waals surface area contributed by atoms with Gasteiger partial charge in [-0.05, 0) is 55.3 Å². The lowest BCUT2D eigenvalue weighted by Gasteiger charge is -2.16. The van der Waals surface area contributed by atoms with Crippen molar-refractivity contribution in [3.8, 4) is 0 Å². The molecule has 2 aromatic rings. The van der Waals surface area contributed by atoms with Gasteiger partial charge in [0.05, 0.1) is 6.04 Å². The van der Waals surface area contributed by atoms with Gasteiger partial charge in [0.2, 0.25) is 0 Å². The van der Waals surface area contributed by atoms with Gasteiger partial charge in [-0.15, -0.1) is 0 Å². The highest BCUT2D eigenvalue weighted by Crippen LogP contribution is 2.28. The zero-order chi connectivity index (χ0) is 12.3. The molecule has 0 aliphatic carbocycles. The molecule has 0 radical (unpaired) electrons. The van der Waals surface area contributed by atoms with Gasteiger partial charge < -0.3 is 9.73 Å². The molecular formula is C14H19NOS. The first-order valence-corrected chi connectivity index (χ1v) is 6.99. The van der Waals surface area contributed by atoms with Gasteiger partial charge in [0.1, 0.15) is 11.5 Å². The number of hydrogen-bond acceptors (Lipinski definition) is 3. The van der Waals surface area contributed by atoms with Crippen molar-refractivity contribution in [2.45, 2.75) is 33.2 Å². The molecule has 0 aliphatic rings. The highest BCUT2D eigenvalue weighted by molar-refractivity contribution is 7.08. The quantitative estimate of drug-likeness (QED) is 0.865. The van der Waals surface area contributed by atoms with E-state index in [-0.39, 0.29) is 6.04 Å². The lowest BCUT2D eigenvalue weighted by molar-refractivity contribution is 0.493. The number of hydrogen-bond donors (Lipinski definition) is 1. The number of nitrogens with one attached hydrogen (secondary N) is 1. The van der Waals surface area contributed by atoms with E-state index < -0.39 is 0 Å². The molecule has 92 valence electrons. The van der Waals surface area contributed by atoms with E-state index in [0.717, 1.165) is 24.5 Å². The number of furan rings is 1. The lowest BCUT2D eigenvalue weighted by Crippen LogP contribution is -2.22. The van der Waals surface area contributed by atoms with E-state index in [9.17, 15) is 0 Å². The van der Waals surface area contributed by atoms with Gasteiger partial charge >= 0.3 is 0 Å². The minimum absolute atomic E-state index is 0.263. The zero-order valence-corrected chi connectivity index (χ0v) is 11.4. The zero-order valence-electron chi connectivity index (χ0n) is 10.6. The second-order valence-corrected chi connectivity index (χ2v) is 5.09. The van der Waals surface area contributed by atoms with E-state index in [1.807, 2.05) is 13.8 Å². The van der Waals surface area contributed by atoms with Crippen molar-refractivity contribution in [3.05, 3.63) is 45.5 Å². The summed E-state index contributed by atoms with van der Waals surface area (Å²) in [5, 5.41) is 7.92. The van der Waals surface area contributed by atoms with Crippen molar-refractivity contribution in [2.75, 3.05) is 6.54 Å².